The van der Waals surface area contributed by atoms with Crippen LogP contribution in [-0.2, 0) is 19.4 Å². The molecule has 2 atom stereocenters. The summed E-state index contributed by atoms with van der Waals surface area (Å²) in [5.41, 5.74) is 0. The van der Waals surface area contributed by atoms with E-state index in [2.05, 4.69) is 5.32 Å². The average molecular weight is 343 g/mol. The molecule has 2 unspecified atom stereocenters. The summed E-state index contributed by atoms with van der Waals surface area (Å²) in [7, 11) is 0.191. The molecule has 1 aliphatic carbocycles. The molecule has 0 aromatic heterocycles. The highest BCUT2D eigenvalue weighted by molar-refractivity contribution is 7.91. The molecule has 0 aliphatic heterocycles. The number of ether oxygens (including phenoxy) is 1. The molecule has 1 fully saturated rings. The Balaban J connectivity index is 0.00000400. The number of nitrogens with zero attached hydrogens (tertiary/aromatic N) is 1. The lowest BCUT2D eigenvalue weighted by Gasteiger charge is -2.37. The molecule has 8 heteroatoms. The number of sulfone groups is 1. The number of nitrogens with one attached hydrogen (secondary N) is 1. The van der Waals surface area contributed by atoms with Gasteiger partial charge in [-0.15, -0.1) is 12.4 Å². The molecule has 0 bridgehead atoms. The monoisotopic (exact) mass is 342 g/mol. The fourth-order valence-electron chi connectivity index (χ4n) is 2.70. The largest absolute Gasteiger partial charge is 0.383 e. The summed E-state index contributed by atoms with van der Waals surface area (Å²) in [6.07, 6.45) is 4.58. The maximum Gasteiger partial charge on any atom is 0.236 e. The van der Waals surface area contributed by atoms with Gasteiger partial charge in [0, 0.05) is 33.0 Å². The van der Waals surface area contributed by atoms with E-state index in [1.165, 1.54) is 6.26 Å². The Kier molecular flexibility index (Phi) is 9.44. The zero-order valence-corrected chi connectivity index (χ0v) is 14.6. The fourth-order valence-corrected chi connectivity index (χ4v) is 4.18. The van der Waals surface area contributed by atoms with Crippen molar-refractivity contribution in [3.63, 3.8) is 0 Å². The van der Waals surface area contributed by atoms with Crippen LogP contribution in [0.2, 0.25) is 0 Å². The number of hydrogen-bond acceptors (Lipinski definition) is 5. The van der Waals surface area contributed by atoms with Gasteiger partial charge in [0.15, 0.2) is 9.84 Å². The van der Waals surface area contributed by atoms with Crippen LogP contribution in [0.1, 0.15) is 25.7 Å². The van der Waals surface area contributed by atoms with Gasteiger partial charge in [-0.2, -0.15) is 0 Å². The van der Waals surface area contributed by atoms with Gasteiger partial charge in [-0.1, -0.05) is 12.8 Å². The lowest BCUT2D eigenvalue weighted by Crippen LogP contribution is -2.51. The van der Waals surface area contributed by atoms with Gasteiger partial charge in [-0.3, -0.25) is 4.79 Å². The number of amides is 1. The van der Waals surface area contributed by atoms with E-state index in [0.717, 1.165) is 19.3 Å². The molecule has 1 saturated carbocycles. The molecule has 0 aromatic carbocycles. The zero-order chi connectivity index (χ0) is 15.2. The minimum Gasteiger partial charge on any atom is -0.383 e. The van der Waals surface area contributed by atoms with Crippen molar-refractivity contribution in [2.24, 2.45) is 0 Å². The van der Waals surface area contributed by atoms with Crippen molar-refractivity contribution in [2.45, 2.75) is 37.0 Å². The number of carbonyl (C=O) groups excluding carboxylic acids is 1. The minimum atomic E-state index is -3.12. The summed E-state index contributed by atoms with van der Waals surface area (Å²) in [6.45, 7) is 1.37. The molecule has 21 heavy (non-hydrogen) atoms. The molecule has 0 radical (unpaired) electrons. The molecular weight excluding hydrogens is 316 g/mol. The fraction of sp³-hybridized carbons (Fsp3) is 0.923. The number of halogens is 1. The van der Waals surface area contributed by atoms with Crippen LogP contribution in [0.4, 0.5) is 0 Å². The van der Waals surface area contributed by atoms with Gasteiger partial charge >= 0.3 is 0 Å². The molecule has 6 nitrogen and oxygen atoms in total. The molecular formula is C13H27ClN2O4S. The van der Waals surface area contributed by atoms with E-state index in [-0.39, 0.29) is 30.9 Å². The van der Waals surface area contributed by atoms with E-state index in [0.29, 0.717) is 19.6 Å². The van der Waals surface area contributed by atoms with E-state index in [1.807, 2.05) is 0 Å². The third-order valence-corrected chi connectivity index (χ3v) is 5.52. The van der Waals surface area contributed by atoms with Crippen LogP contribution in [0, 0.1) is 0 Å². The van der Waals surface area contributed by atoms with Gasteiger partial charge in [0.1, 0.15) is 0 Å². The van der Waals surface area contributed by atoms with Crippen molar-refractivity contribution in [2.75, 3.05) is 40.1 Å². The van der Waals surface area contributed by atoms with Gasteiger partial charge in [-0.25, -0.2) is 8.42 Å². The number of hydrogen-bond donors (Lipinski definition) is 1. The van der Waals surface area contributed by atoms with Gasteiger partial charge in [-0.05, 0) is 12.8 Å². The van der Waals surface area contributed by atoms with Gasteiger partial charge in [0.2, 0.25) is 5.91 Å². The van der Waals surface area contributed by atoms with E-state index in [4.69, 9.17) is 4.74 Å². The predicted octanol–water partition coefficient (Wildman–Crippen LogP) is 0.458. The second-order valence-electron chi connectivity index (χ2n) is 5.39. The first kappa shape index (κ1) is 20.6. The topological polar surface area (TPSA) is 75.7 Å². The Bertz CT molecular complexity index is 416. The molecule has 1 amide bonds. The van der Waals surface area contributed by atoms with E-state index < -0.39 is 15.1 Å². The van der Waals surface area contributed by atoms with Crippen LogP contribution < -0.4 is 5.32 Å². The van der Waals surface area contributed by atoms with Crippen LogP contribution in [0.5, 0.6) is 0 Å². The van der Waals surface area contributed by atoms with Crippen molar-refractivity contribution in [1.29, 1.82) is 0 Å². The highest BCUT2D eigenvalue weighted by atomic mass is 35.5. The van der Waals surface area contributed by atoms with Gasteiger partial charge in [0.25, 0.3) is 0 Å². The number of rotatable bonds is 7. The highest BCUT2D eigenvalue weighted by Gasteiger charge is 2.36. The third kappa shape index (κ3) is 6.50. The van der Waals surface area contributed by atoms with Crippen LogP contribution in [0.25, 0.3) is 0 Å². The smallest absolute Gasteiger partial charge is 0.236 e. The quantitative estimate of drug-likeness (QED) is 0.680. The van der Waals surface area contributed by atoms with Crippen molar-refractivity contribution in [3.05, 3.63) is 0 Å². The first-order valence-electron chi connectivity index (χ1n) is 7.02. The Morgan fingerprint density at radius 2 is 1.95 bits per heavy atom. The van der Waals surface area contributed by atoms with Crippen molar-refractivity contribution < 1.29 is 17.9 Å². The summed E-state index contributed by atoms with van der Waals surface area (Å²) >= 11 is 0. The Hall–Kier alpha value is -0.370. The molecule has 0 aromatic rings. The van der Waals surface area contributed by atoms with E-state index in [1.54, 1.807) is 19.1 Å². The second-order valence-corrected chi connectivity index (χ2v) is 7.66. The first-order chi connectivity index (χ1) is 9.38. The molecule has 0 heterocycles. The predicted molar refractivity (Wildman–Crippen MR) is 85.7 cm³/mol. The van der Waals surface area contributed by atoms with Crippen LogP contribution >= 0.6 is 12.4 Å². The van der Waals surface area contributed by atoms with E-state index >= 15 is 0 Å². The lowest BCUT2D eigenvalue weighted by atomic mass is 9.94. The SMILES string of the molecule is COCCNCC(=O)N(C)C1CCCCC1S(C)(=O)=O.Cl. The Morgan fingerprint density at radius 3 is 2.52 bits per heavy atom. The molecule has 1 N–H and O–H groups in total. The van der Waals surface area contributed by atoms with Crippen molar-refractivity contribution >= 4 is 28.2 Å². The molecule has 126 valence electrons. The van der Waals surface area contributed by atoms with Crippen molar-refractivity contribution in [1.82, 2.24) is 10.2 Å². The summed E-state index contributed by atoms with van der Waals surface area (Å²) in [5.74, 6) is -0.0679. The Morgan fingerprint density at radius 1 is 1.33 bits per heavy atom. The maximum atomic E-state index is 12.1. The van der Waals surface area contributed by atoms with Gasteiger partial charge < -0.3 is 15.0 Å². The standard InChI is InChI=1S/C13H26N2O4S.ClH/c1-15(13(16)10-14-8-9-19-2)11-6-4-5-7-12(11)20(3,17)18;/h11-12,14H,4-10H2,1-3H3;1H. The van der Waals surface area contributed by atoms with Crippen LogP contribution in [0.3, 0.4) is 0 Å². The molecule has 1 rings (SSSR count). The summed E-state index contributed by atoms with van der Waals surface area (Å²) in [4.78, 5) is 13.7. The third-order valence-electron chi connectivity index (χ3n) is 3.87. The highest BCUT2D eigenvalue weighted by Crippen LogP contribution is 2.27. The lowest BCUT2D eigenvalue weighted by molar-refractivity contribution is -0.131. The summed E-state index contributed by atoms with van der Waals surface area (Å²) < 4.78 is 28.6. The van der Waals surface area contributed by atoms with Crippen LogP contribution in [0.15, 0.2) is 0 Å². The van der Waals surface area contributed by atoms with Gasteiger partial charge in [0.05, 0.1) is 18.4 Å². The normalized spacial score (nSPS) is 22.4. The minimum absolute atomic E-state index is 0. The number of methoxy groups -OCH3 is 1. The molecule has 0 spiro atoms. The molecule has 0 saturated heterocycles. The number of likely N-dealkylation sites (N-methyl/N-ethyl adjacent to an activating group) is 1. The maximum absolute atomic E-state index is 12.1. The first-order valence-corrected chi connectivity index (χ1v) is 8.97. The Labute approximate surface area is 133 Å². The second kappa shape index (κ2) is 9.61. The van der Waals surface area contributed by atoms with Crippen LogP contribution in [-0.4, -0.2) is 70.6 Å². The molecule has 1 aliphatic rings. The summed E-state index contributed by atoms with van der Waals surface area (Å²) in [6, 6.07) is -0.199. The van der Waals surface area contributed by atoms with E-state index in [9.17, 15) is 13.2 Å². The zero-order valence-electron chi connectivity index (χ0n) is 13.0. The van der Waals surface area contributed by atoms with Crippen molar-refractivity contribution in [3.8, 4) is 0 Å². The summed E-state index contributed by atoms with van der Waals surface area (Å²) in [5, 5.41) is 2.57. The average Bonchev–Trinajstić information content (AvgIpc) is 2.41. The number of carbonyl (C=O) groups is 1.